The van der Waals surface area contributed by atoms with Gasteiger partial charge in [0.1, 0.15) is 0 Å². The molecular formula is C9H14NSe+. The normalized spacial score (nSPS) is 10.0. The van der Waals surface area contributed by atoms with Gasteiger partial charge in [0.2, 0.25) is 0 Å². The van der Waals surface area contributed by atoms with Gasteiger partial charge in [0.25, 0.3) is 0 Å². The summed E-state index contributed by atoms with van der Waals surface area (Å²) in [5.41, 5.74) is 5.18. The van der Waals surface area contributed by atoms with E-state index in [0.29, 0.717) is 15.0 Å². The molecule has 0 unspecified atom stereocenters. The van der Waals surface area contributed by atoms with Crippen LogP contribution in [0.2, 0.25) is 5.32 Å². The van der Waals surface area contributed by atoms with E-state index in [1.54, 1.807) is 0 Å². The fourth-order valence-electron chi connectivity index (χ4n) is 0.825. The molecule has 1 nitrogen and oxygen atoms in total. The molecule has 0 aromatic heterocycles. The van der Waals surface area contributed by atoms with Crippen LogP contribution in [0.1, 0.15) is 5.56 Å². The van der Waals surface area contributed by atoms with Gasteiger partial charge in [-0.15, -0.1) is 0 Å². The average Bonchev–Trinajstić information content (AvgIpc) is 2.04. The van der Waals surface area contributed by atoms with E-state index >= 15 is 0 Å². The van der Waals surface area contributed by atoms with Crippen LogP contribution < -0.4 is 10.2 Å². The third kappa shape index (κ3) is 3.06. The molecule has 1 rings (SSSR count). The van der Waals surface area contributed by atoms with Gasteiger partial charge in [0.05, 0.1) is 0 Å². The summed E-state index contributed by atoms with van der Waals surface area (Å²) in [5.74, 6) is 0. The van der Waals surface area contributed by atoms with E-state index in [-0.39, 0.29) is 0 Å². The molecule has 0 saturated heterocycles. The molecule has 2 heteroatoms. The zero-order valence-corrected chi connectivity index (χ0v) is 8.55. The summed E-state index contributed by atoms with van der Waals surface area (Å²) in [6.07, 6.45) is 0. The second-order valence-electron chi connectivity index (χ2n) is 2.52. The Kier molecular flexibility index (Phi) is 3.64. The van der Waals surface area contributed by atoms with E-state index in [0.717, 1.165) is 6.54 Å². The first-order chi connectivity index (χ1) is 5.33. The first-order valence-corrected chi connectivity index (χ1v) is 5.88. The summed E-state index contributed by atoms with van der Waals surface area (Å²) in [5, 5.41) is 1.26. The van der Waals surface area contributed by atoms with Gasteiger partial charge in [-0.05, 0) is 0 Å². The Balaban J connectivity index is 2.52. The zero-order chi connectivity index (χ0) is 8.10. The van der Waals surface area contributed by atoms with Crippen LogP contribution in [0.3, 0.4) is 0 Å². The van der Waals surface area contributed by atoms with Gasteiger partial charge in [-0.3, -0.25) is 0 Å². The van der Waals surface area contributed by atoms with Crippen molar-refractivity contribution in [2.24, 2.45) is 0 Å². The first-order valence-electron chi connectivity index (χ1n) is 3.81. The molecule has 0 atom stereocenters. The van der Waals surface area contributed by atoms with Crippen molar-refractivity contribution in [3.8, 4) is 0 Å². The Hall–Kier alpha value is -0.301. The maximum absolute atomic E-state index is 3.83. The SMILES string of the molecule is Cc1ccc([Se]CC[NH3+])cc1. The van der Waals surface area contributed by atoms with Gasteiger partial charge in [-0.1, -0.05) is 0 Å². The standard InChI is InChI=1S/C9H13NSe/c1-8-2-4-9(5-3-8)11-7-6-10/h2-5H,6-7,10H2,1H3/p+1. The Morgan fingerprint density at radius 3 is 2.45 bits per heavy atom. The van der Waals surface area contributed by atoms with E-state index in [1.165, 1.54) is 15.3 Å². The molecule has 1 aromatic rings. The first kappa shape index (κ1) is 8.79. The molecule has 0 heterocycles. The van der Waals surface area contributed by atoms with Gasteiger partial charge in [-0.25, -0.2) is 0 Å². The van der Waals surface area contributed by atoms with Crippen molar-refractivity contribution in [3.05, 3.63) is 29.8 Å². The molecule has 11 heavy (non-hydrogen) atoms. The van der Waals surface area contributed by atoms with Gasteiger partial charge in [0, 0.05) is 0 Å². The van der Waals surface area contributed by atoms with Crippen molar-refractivity contribution in [2.45, 2.75) is 12.2 Å². The van der Waals surface area contributed by atoms with Gasteiger partial charge >= 0.3 is 73.8 Å². The molecule has 0 amide bonds. The van der Waals surface area contributed by atoms with Crippen LogP contribution in [0.4, 0.5) is 0 Å². The van der Waals surface area contributed by atoms with Crippen molar-refractivity contribution >= 4 is 19.4 Å². The van der Waals surface area contributed by atoms with E-state index in [1.807, 2.05) is 0 Å². The number of hydrogen-bond acceptors (Lipinski definition) is 0. The van der Waals surface area contributed by atoms with E-state index < -0.39 is 0 Å². The molecule has 0 spiro atoms. The van der Waals surface area contributed by atoms with E-state index in [9.17, 15) is 0 Å². The summed E-state index contributed by atoms with van der Waals surface area (Å²) in [7, 11) is 0. The summed E-state index contributed by atoms with van der Waals surface area (Å²) >= 11 is 0.648. The monoisotopic (exact) mass is 216 g/mol. The third-order valence-electron chi connectivity index (χ3n) is 1.43. The van der Waals surface area contributed by atoms with Crippen molar-refractivity contribution in [1.29, 1.82) is 0 Å². The number of quaternary nitrogens is 1. The Morgan fingerprint density at radius 2 is 1.91 bits per heavy atom. The second-order valence-corrected chi connectivity index (χ2v) is 4.97. The molecule has 0 aliphatic heterocycles. The topological polar surface area (TPSA) is 27.6 Å². The van der Waals surface area contributed by atoms with Crippen LogP contribution in [0, 0.1) is 6.92 Å². The van der Waals surface area contributed by atoms with Crippen LogP contribution >= 0.6 is 0 Å². The molecule has 0 bridgehead atoms. The Bertz CT molecular complexity index is 205. The quantitative estimate of drug-likeness (QED) is 0.687. The Morgan fingerprint density at radius 1 is 1.27 bits per heavy atom. The predicted molar refractivity (Wildman–Crippen MR) is 49.1 cm³/mol. The van der Waals surface area contributed by atoms with Gasteiger partial charge in [0.15, 0.2) is 0 Å². The fraction of sp³-hybridized carbons (Fsp3) is 0.333. The maximum atomic E-state index is 3.83. The van der Waals surface area contributed by atoms with E-state index in [2.05, 4.69) is 36.9 Å². The predicted octanol–water partition coefficient (Wildman–Crippen LogP) is -0.0153. The van der Waals surface area contributed by atoms with Crippen LogP contribution in [-0.2, 0) is 0 Å². The summed E-state index contributed by atoms with van der Waals surface area (Å²) in [4.78, 5) is 0. The van der Waals surface area contributed by atoms with Crippen LogP contribution in [-0.4, -0.2) is 21.5 Å². The van der Waals surface area contributed by atoms with Crippen molar-refractivity contribution in [1.82, 2.24) is 0 Å². The number of hydrogen-bond donors (Lipinski definition) is 1. The molecule has 60 valence electrons. The molecule has 0 fully saturated rings. The fourth-order valence-corrected chi connectivity index (χ4v) is 2.31. The minimum atomic E-state index is 0.648. The van der Waals surface area contributed by atoms with Crippen molar-refractivity contribution < 1.29 is 5.73 Å². The van der Waals surface area contributed by atoms with Crippen LogP contribution in [0.15, 0.2) is 24.3 Å². The number of benzene rings is 1. The molecule has 0 aliphatic carbocycles. The molecular weight excluding hydrogens is 201 g/mol. The zero-order valence-electron chi connectivity index (χ0n) is 6.84. The molecule has 3 N–H and O–H groups in total. The van der Waals surface area contributed by atoms with Gasteiger partial charge < -0.3 is 0 Å². The number of rotatable bonds is 3. The molecule has 0 saturated carbocycles. The molecule has 0 aliphatic rings. The van der Waals surface area contributed by atoms with Crippen molar-refractivity contribution in [3.63, 3.8) is 0 Å². The minimum absolute atomic E-state index is 0.648. The third-order valence-corrected chi connectivity index (χ3v) is 3.74. The van der Waals surface area contributed by atoms with E-state index in [4.69, 9.17) is 0 Å². The van der Waals surface area contributed by atoms with Crippen LogP contribution in [0.25, 0.3) is 0 Å². The van der Waals surface area contributed by atoms with Crippen LogP contribution in [0.5, 0.6) is 0 Å². The summed E-state index contributed by atoms with van der Waals surface area (Å²) in [6, 6.07) is 8.82. The second kappa shape index (κ2) is 4.55. The van der Waals surface area contributed by atoms with Crippen molar-refractivity contribution in [2.75, 3.05) is 6.54 Å². The molecule has 1 aromatic carbocycles. The number of aryl methyl sites for hydroxylation is 1. The molecule has 0 radical (unpaired) electrons. The Labute approximate surface area is 74.1 Å². The summed E-state index contributed by atoms with van der Waals surface area (Å²) in [6.45, 7) is 3.19. The average molecular weight is 215 g/mol. The van der Waals surface area contributed by atoms with Gasteiger partial charge in [-0.2, -0.15) is 0 Å². The summed E-state index contributed by atoms with van der Waals surface area (Å²) < 4.78 is 1.49.